The molecule has 0 aliphatic heterocycles. The summed E-state index contributed by atoms with van der Waals surface area (Å²) in [7, 11) is 3.94. The molecule has 4 nitrogen and oxygen atoms in total. The molecule has 0 saturated heterocycles. The lowest BCUT2D eigenvalue weighted by Crippen LogP contribution is -2.29. The number of thiocarbonyl (C=S) groups is 1. The summed E-state index contributed by atoms with van der Waals surface area (Å²) >= 11 is 11.7. The van der Waals surface area contributed by atoms with Gasteiger partial charge in [-0.05, 0) is 49.3 Å². The molecule has 0 aliphatic rings. The van der Waals surface area contributed by atoms with Crippen LogP contribution in [0, 0.1) is 13.8 Å². The second-order valence-electron chi connectivity index (χ2n) is 5.63. The zero-order valence-corrected chi connectivity index (χ0v) is 15.3. The van der Waals surface area contributed by atoms with Crippen LogP contribution >= 0.6 is 23.8 Å². The number of aryl methyl sites for hydroxylation is 2. The number of benzene rings is 1. The minimum Gasteiger partial charge on any atom is -0.362 e. The summed E-state index contributed by atoms with van der Waals surface area (Å²) in [4.78, 5) is 6.36. The molecular weight excluding hydrogens is 328 g/mol. The highest BCUT2D eigenvalue weighted by Gasteiger charge is 2.09. The Morgan fingerprint density at radius 1 is 1.30 bits per heavy atom. The minimum atomic E-state index is 0.535. The summed E-state index contributed by atoms with van der Waals surface area (Å²) in [6, 6.07) is 7.94. The summed E-state index contributed by atoms with van der Waals surface area (Å²) in [5.74, 6) is 0.923. The van der Waals surface area contributed by atoms with Crippen molar-refractivity contribution in [1.82, 2.24) is 10.3 Å². The highest BCUT2D eigenvalue weighted by Crippen LogP contribution is 2.27. The van der Waals surface area contributed by atoms with Crippen LogP contribution in [0.15, 0.2) is 30.5 Å². The number of halogens is 1. The normalized spacial score (nSPS) is 10.3. The third kappa shape index (κ3) is 4.56. The van der Waals surface area contributed by atoms with Gasteiger partial charge in [0.15, 0.2) is 5.11 Å². The predicted octanol–water partition coefficient (Wildman–Crippen LogP) is 3.90. The van der Waals surface area contributed by atoms with E-state index in [1.807, 2.05) is 51.0 Å². The third-order valence-electron chi connectivity index (χ3n) is 3.40. The van der Waals surface area contributed by atoms with Crippen LogP contribution in [-0.2, 0) is 6.54 Å². The molecule has 1 heterocycles. The van der Waals surface area contributed by atoms with Crippen LogP contribution in [0.25, 0.3) is 0 Å². The van der Waals surface area contributed by atoms with Crippen LogP contribution < -0.4 is 15.5 Å². The lowest BCUT2D eigenvalue weighted by Gasteiger charge is -2.18. The van der Waals surface area contributed by atoms with Gasteiger partial charge >= 0.3 is 0 Å². The SMILES string of the molecule is Cc1cc(C)c(NC(=S)NCc2cccnc2N(C)C)c(Cl)c1. The molecule has 0 spiro atoms. The van der Waals surface area contributed by atoms with Crippen LogP contribution in [0.3, 0.4) is 0 Å². The van der Waals surface area contributed by atoms with Gasteiger partial charge in [-0.2, -0.15) is 0 Å². The van der Waals surface area contributed by atoms with Crippen molar-refractivity contribution in [3.8, 4) is 0 Å². The van der Waals surface area contributed by atoms with Gasteiger partial charge in [0, 0.05) is 32.4 Å². The van der Waals surface area contributed by atoms with E-state index < -0.39 is 0 Å². The lowest BCUT2D eigenvalue weighted by molar-refractivity contribution is 0.900. The first-order valence-electron chi connectivity index (χ1n) is 7.31. The number of pyridine rings is 1. The van der Waals surface area contributed by atoms with Crippen molar-refractivity contribution in [2.75, 3.05) is 24.3 Å². The summed E-state index contributed by atoms with van der Waals surface area (Å²) in [6.45, 7) is 4.62. The summed E-state index contributed by atoms with van der Waals surface area (Å²) < 4.78 is 0. The van der Waals surface area contributed by atoms with E-state index >= 15 is 0 Å². The Morgan fingerprint density at radius 2 is 2.04 bits per heavy atom. The third-order valence-corrected chi connectivity index (χ3v) is 3.95. The number of nitrogens with one attached hydrogen (secondary N) is 2. The Bertz CT molecular complexity index is 692. The van der Waals surface area contributed by atoms with Gasteiger partial charge in [0.25, 0.3) is 0 Å². The van der Waals surface area contributed by atoms with Gasteiger partial charge in [-0.15, -0.1) is 0 Å². The fourth-order valence-corrected chi connectivity index (χ4v) is 2.92. The monoisotopic (exact) mass is 348 g/mol. The Labute approximate surface area is 147 Å². The molecule has 1 aromatic heterocycles. The van der Waals surface area contributed by atoms with Gasteiger partial charge in [0.1, 0.15) is 5.82 Å². The molecule has 2 N–H and O–H groups in total. The topological polar surface area (TPSA) is 40.2 Å². The molecule has 2 aromatic rings. The maximum Gasteiger partial charge on any atom is 0.171 e. The van der Waals surface area contributed by atoms with Crippen LogP contribution in [0.5, 0.6) is 0 Å². The highest BCUT2D eigenvalue weighted by molar-refractivity contribution is 7.80. The fraction of sp³-hybridized carbons (Fsp3) is 0.294. The Hall–Kier alpha value is -1.85. The van der Waals surface area contributed by atoms with Gasteiger partial charge in [-0.3, -0.25) is 0 Å². The molecule has 23 heavy (non-hydrogen) atoms. The summed E-state index contributed by atoms with van der Waals surface area (Å²) in [5, 5.41) is 7.59. The lowest BCUT2D eigenvalue weighted by atomic mass is 10.1. The molecule has 0 fully saturated rings. The molecular formula is C17H21ClN4S. The maximum absolute atomic E-state index is 6.30. The number of nitrogens with zero attached hydrogens (tertiary/aromatic N) is 2. The average Bonchev–Trinajstić information content (AvgIpc) is 2.49. The second kappa shape index (κ2) is 7.62. The molecule has 6 heteroatoms. The molecule has 0 atom stereocenters. The van der Waals surface area contributed by atoms with Crippen molar-refractivity contribution in [3.63, 3.8) is 0 Å². The highest BCUT2D eigenvalue weighted by atomic mass is 35.5. The molecule has 122 valence electrons. The number of hydrogen-bond donors (Lipinski definition) is 2. The van der Waals surface area contributed by atoms with E-state index in [4.69, 9.17) is 23.8 Å². The van der Waals surface area contributed by atoms with Crippen molar-refractivity contribution in [2.45, 2.75) is 20.4 Å². The van der Waals surface area contributed by atoms with Crippen molar-refractivity contribution in [2.24, 2.45) is 0 Å². The van der Waals surface area contributed by atoms with Crippen LogP contribution in [0.1, 0.15) is 16.7 Å². The standard InChI is InChI=1S/C17H21ClN4S/c1-11-8-12(2)15(14(18)9-11)21-17(23)20-10-13-6-5-7-19-16(13)22(3)4/h5-9H,10H2,1-4H3,(H2,20,21,23). The molecule has 0 amide bonds. The van der Waals surface area contributed by atoms with E-state index in [-0.39, 0.29) is 0 Å². The molecule has 0 radical (unpaired) electrons. The van der Waals surface area contributed by atoms with Gasteiger partial charge in [-0.25, -0.2) is 4.98 Å². The van der Waals surface area contributed by atoms with E-state index in [9.17, 15) is 0 Å². The van der Waals surface area contributed by atoms with E-state index in [0.717, 1.165) is 28.2 Å². The van der Waals surface area contributed by atoms with Crippen molar-refractivity contribution < 1.29 is 0 Å². The predicted molar refractivity (Wildman–Crippen MR) is 103 cm³/mol. The summed E-state index contributed by atoms with van der Waals surface area (Å²) in [6.07, 6.45) is 1.78. The molecule has 0 bridgehead atoms. The minimum absolute atomic E-state index is 0.535. The van der Waals surface area contributed by atoms with E-state index in [2.05, 4.69) is 21.7 Å². The Morgan fingerprint density at radius 3 is 2.70 bits per heavy atom. The van der Waals surface area contributed by atoms with Gasteiger partial charge in [-0.1, -0.05) is 23.7 Å². The van der Waals surface area contributed by atoms with E-state index in [1.54, 1.807) is 6.20 Å². The molecule has 1 aromatic carbocycles. The number of anilines is 2. The zero-order valence-electron chi connectivity index (χ0n) is 13.8. The van der Waals surface area contributed by atoms with Crippen LogP contribution in [0.4, 0.5) is 11.5 Å². The quantitative estimate of drug-likeness (QED) is 0.820. The Kier molecular flexibility index (Phi) is 5.80. The maximum atomic E-state index is 6.30. The molecule has 0 saturated carbocycles. The van der Waals surface area contributed by atoms with E-state index in [0.29, 0.717) is 16.7 Å². The van der Waals surface area contributed by atoms with Gasteiger partial charge < -0.3 is 15.5 Å². The zero-order chi connectivity index (χ0) is 17.0. The average molecular weight is 349 g/mol. The summed E-state index contributed by atoms with van der Waals surface area (Å²) in [5.41, 5.74) is 4.11. The molecule has 2 rings (SSSR count). The first-order chi connectivity index (χ1) is 10.9. The van der Waals surface area contributed by atoms with Crippen LogP contribution in [0.2, 0.25) is 5.02 Å². The fourth-order valence-electron chi connectivity index (χ4n) is 2.38. The number of rotatable bonds is 4. The van der Waals surface area contributed by atoms with Crippen molar-refractivity contribution >= 4 is 40.4 Å². The second-order valence-corrected chi connectivity index (χ2v) is 6.44. The first-order valence-corrected chi connectivity index (χ1v) is 8.10. The molecule has 0 aliphatic carbocycles. The Balaban J connectivity index is 2.04. The number of hydrogen-bond acceptors (Lipinski definition) is 3. The van der Waals surface area contributed by atoms with Crippen LogP contribution in [-0.4, -0.2) is 24.2 Å². The largest absolute Gasteiger partial charge is 0.362 e. The van der Waals surface area contributed by atoms with Gasteiger partial charge in [0.05, 0.1) is 10.7 Å². The smallest absolute Gasteiger partial charge is 0.171 e. The van der Waals surface area contributed by atoms with Gasteiger partial charge in [0.2, 0.25) is 0 Å². The first kappa shape index (κ1) is 17.5. The van der Waals surface area contributed by atoms with E-state index in [1.165, 1.54) is 0 Å². The number of aromatic nitrogens is 1. The molecule has 0 unspecified atom stereocenters. The van der Waals surface area contributed by atoms with Crippen molar-refractivity contribution in [1.29, 1.82) is 0 Å². The van der Waals surface area contributed by atoms with Crippen molar-refractivity contribution in [3.05, 3.63) is 52.2 Å².